The first-order valence-electron chi connectivity index (χ1n) is 9.56. The highest BCUT2D eigenvalue weighted by Gasteiger charge is 2.32. The number of amides is 2. The summed E-state index contributed by atoms with van der Waals surface area (Å²) >= 11 is 0. The van der Waals surface area contributed by atoms with Gasteiger partial charge in [0.1, 0.15) is 28.2 Å². The van der Waals surface area contributed by atoms with Crippen molar-refractivity contribution in [2.24, 2.45) is 0 Å². The molecule has 2 amide bonds. The van der Waals surface area contributed by atoms with Crippen LogP contribution >= 0.6 is 0 Å². The molecule has 2 aromatic rings. The van der Waals surface area contributed by atoms with Gasteiger partial charge in [-0.2, -0.15) is 4.31 Å². The molecule has 0 unspecified atom stereocenters. The van der Waals surface area contributed by atoms with E-state index < -0.39 is 44.1 Å². The van der Waals surface area contributed by atoms with Gasteiger partial charge in [-0.3, -0.25) is 9.59 Å². The lowest BCUT2D eigenvalue weighted by Crippen LogP contribution is -2.51. The second kappa shape index (κ2) is 9.65. The Hall–Kier alpha value is -2.99. The Morgan fingerprint density at radius 3 is 2.06 bits per heavy atom. The fourth-order valence-electron chi connectivity index (χ4n) is 3.21. The van der Waals surface area contributed by atoms with Gasteiger partial charge in [0.05, 0.1) is 5.56 Å². The highest BCUT2D eigenvalue weighted by atomic mass is 32.2. The van der Waals surface area contributed by atoms with E-state index in [9.17, 15) is 35.6 Å². The summed E-state index contributed by atoms with van der Waals surface area (Å²) in [5.41, 5.74) is -0.356. The molecular weight excluding hydrogens is 454 g/mol. The molecule has 1 heterocycles. The Labute approximate surface area is 181 Å². The lowest BCUT2D eigenvalue weighted by Gasteiger charge is -2.34. The van der Waals surface area contributed by atoms with Gasteiger partial charge in [0.2, 0.25) is 15.9 Å². The fourth-order valence-corrected chi connectivity index (χ4v) is 4.68. The van der Waals surface area contributed by atoms with E-state index >= 15 is 0 Å². The molecule has 12 heteroatoms. The summed E-state index contributed by atoms with van der Waals surface area (Å²) in [6, 6.07) is 4.69. The van der Waals surface area contributed by atoms with Gasteiger partial charge in [0.25, 0.3) is 5.91 Å². The monoisotopic (exact) mass is 473 g/mol. The Morgan fingerprint density at radius 1 is 0.875 bits per heavy atom. The van der Waals surface area contributed by atoms with E-state index in [2.05, 4.69) is 5.32 Å². The quantitative estimate of drug-likeness (QED) is 0.650. The molecule has 1 aliphatic rings. The normalized spacial score (nSPS) is 14.9. The van der Waals surface area contributed by atoms with Crippen LogP contribution in [0.25, 0.3) is 0 Å². The molecular formula is C20H19F4N3O4S. The number of carbonyl (C=O) groups is 2. The molecule has 0 aromatic heterocycles. The van der Waals surface area contributed by atoms with Crippen molar-refractivity contribution in [3.8, 4) is 0 Å². The third-order valence-corrected chi connectivity index (χ3v) is 6.84. The van der Waals surface area contributed by atoms with Gasteiger partial charge in [0, 0.05) is 51.3 Å². The molecule has 0 aliphatic carbocycles. The molecule has 7 nitrogen and oxygen atoms in total. The minimum absolute atomic E-state index is 0.0431. The van der Waals surface area contributed by atoms with Crippen LogP contribution < -0.4 is 5.32 Å². The summed E-state index contributed by atoms with van der Waals surface area (Å²) in [6.45, 7) is -0.188. The average molecular weight is 473 g/mol. The van der Waals surface area contributed by atoms with E-state index in [4.69, 9.17) is 0 Å². The summed E-state index contributed by atoms with van der Waals surface area (Å²) in [6.07, 6.45) is -0.117. The Morgan fingerprint density at radius 2 is 1.47 bits per heavy atom. The minimum Gasteiger partial charge on any atom is -0.351 e. The summed E-state index contributed by atoms with van der Waals surface area (Å²) in [4.78, 5) is 25.0. The first-order chi connectivity index (χ1) is 15.1. The molecule has 0 spiro atoms. The Kier molecular flexibility index (Phi) is 7.14. The summed E-state index contributed by atoms with van der Waals surface area (Å²) in [5.74, 6) is -5.10. The number of benzene rings is 2. The van der Waals surface area contributed by atoms with Gasteiger partial charge >= 0.3 is 0 Å². The number of carbonyl (C=O) groups excluding carboxylic acids is 2. The first-order valence-corrected chi connectivity index (χ1v) is 11.0. The molecule has 1 fully saturated rings. The summed E-state index contributed by atoms with van der Waals surface area (Å²) in [5, 5.41) is 2.37. The maximum Gasteiger partial charge on any atom is 0.254 e. The van der Waals surface area contributed by atoms with Crippen LogP contribution in [-0.2, 0) is 14.8 Å². The molecule has 32 heavy (non-hydrogen) atoms. The zero-order chi connectivity index (χ0) is 23.5. The number of sulfonamides is 1. The summed E-state index contributed by atoms with van der Waals surface area (Å²) < 4.78 is 79.6. The van der Waals surface area contributed by atoms with Crippen LogP contribution in [0.15, 0.2) is 41.3 Å². The highest BCUT2D eigenvalue weighted by molar-refractivity contribution is 7.89. The number of halogens is 4. The average Bonchev–Trinajstić information content (AvgIpc) is 2.73. The van der Waals surface area contributed by atoms with Crippen molar-refractivity contribution >= 4 is 21.8 Å². The first kappa shape index (κ1) is 23.7. The van der Waals surface area contributed by atoms with E-state index in [-0.39, 0.29) is 50.6 Å². The molecule has 0 atom stereocenters. The van der Waals surface area contributed by atoms with Crippen molar-refractivity contribution in [1.29, 1.82) is 0 Å². The van der Waals surface area contributed by atoms with E-state index in [1.807, 2.05) is 0 Å². The number of nitrogens with zero attached hydrogens (tertiary/aromatic N) is 2. The third kappa shape index (κ3) is 5.25. The SMILES string of the molecule is O=C(NCCC(=O)N1CCN(S(=O)(=O)c2ccc(F)cc2F)CC1)c1ccc(F)cc1F. The molecule has 172 valence electrons. The van der Waals surface area contributed by atoms with Crippen molar-refractivity contribution in [3.63, 3.8) is 0 Å². The second-order valence-corrected chi connectivity index (χ2v) is 8.90. The number of hydrogen-bond acceptors (Lipinski definition) is 4. The lowest BCUT2D eigenvalue weighted by atomic mass is 10.2. The molecule has 0 radical (unpaired) electrons. The van der Waals surface area contributed by atoms with Crippen molar-refractivity contribution in [1.82, 2.24) is 14.5 Å². The van der Waals surface area contributed by atoms with Crippen LogP contribution in [0.5, 0.6) is 0 Å². The fraction of sp³-hybridized carbons (Fsp3) is 0.300. The largest absolute Gasteiger partial charge is 0.351 e. The van der Waals surface area contributed by atoms with Crippen molar-refractivity contribution < 1.29 is 35.6 Å². The predicted molar refractivity (Wildman–Crippen MR) is 105 cm³/mol. The minimum atomic E-state index is -4.19. The van der Waals surface area contributed by atoms with Gasteiger partial charge in [-0.15, -0.1) is 0 Å². The molecule has 1 N–H and O–H groups in total. The zero-order valence-corrected chi connectivity index (χ0v) is 17.5. The maximum atomic E-state index is 13.9. The van der Waals surface area contributed by atoms with Crippen LogP contribution in [0.1, 0.15) is 16.8 Å². The van der Waals surface area contributed by atoms with Crippen molar-refractivity contribution in [2.75, 3.05) is 32.7 Å². The van der Waals surface area contributed by atoms with Gasteiger partial charge in [0.15, 0.2) is 0 Å². The smallest absolute Gasteiger partial charge is 0.254 e. The van der Waals surface area contributed by atoms with Crippen molar-refractivity contribution in [2.45, 2.75) is 11.3 Å². The molecule has 1 aliphatic heterocycles. The third-order valence-electron chi connectivity index (χ3n) is 4.90. The van der Waals surface area contributed by atoms with Gasteiger partial charge in [-0.05, 0) is 24.3 Å². The topological polar surface area (TPSA) is 86.8 Å². The van der Waals surface area contributed by atoms with Crippen LogP contribution in [0.4, 0.5) is 17.6 Å². The van der Waals surface area contributed by atoms with E-state index in [1.165, 1.54) is 4.90 Å². The zero-order valence-electron chi connectivity index (χ0n) is 16.7. The summed E-state index contributed by atoms with van der Waals surface area (Å²) in [7, 11) is -4.19. The van der Waals surface area contributed by atoms with Gasteiger partial charge in [-0.1, -0.05) is 0 Å². The molecule has 3 rings (SSSR count). The Balaban J connectivity index is 1.50. The van der Waals surface area contributed by atoms with Crippen LogP contribution in [0.2, 0.25) is 0 Å². The highest BCUT2D eigenvalue weighted by Crippen LogP contribution is 2.21. The van der Waals surface area contributed by atoms with Crippen LogP contribution in [0, 0.1) is 23.3 Å². The van der Waals surface area contributed by atoms with E-state index in [1.54, 1.807) is 0 Å². The standard InChI is InChI=1S/C20H19F4N3O4S/c21-13-1-3-15(16(23)11-13)20(29)25-6-5-19(28)26-7-9-27(10-8-26)32(30,31)18-4-2-14(22)12-17(18)24/h1-4,11-12H,5-10H2,(H,25,29). The molecule has 0 bridgehead atoms. The van der Waals surface area contributed by atoms with Crippen LogP contribution in [0.3, 0.4) is 0 Å². The molecule has 0 saturated carbocycles. The Bertz CT molecular complexity index is 1140. The predicted octanol–water partition coefficient (Wildman–Crippen LogP) is 1.90. The second-order valence-electron chi connectivity index (χ2n) is 6.99. The number of nitrogens with one attached hydrogen (secondary N) is 1. The van der Waals surface area contributed by atoms with Crippen molar-refractivity contribution in [3.05, 3.63) is 65.2 Å². The number of rotatable bonds is 6. The van der Waals surface area contributed by atoms with E-state index in [0.29, 0.717) is 12.1 Å². The number of piperazine rings is 1. The lowest BCUT2D eigenvalue weighted by molar-refractivity contribution is -0.132. The van der Waals surface area contributed by atoms with Gasteiger partial charge < -0.3 is 10.2 Å². The van der Waals surface area contributed by atoms with Crippen LogP contribution in [-0.4, -0.2) is 62.2 Å². The van der Waals surface area contributed by atoms with E-state index in [0.717, 1.165) is 28.6 Å². The molecule has 2 aromatic carbocycles. The number of hydrogen-bond donors (Lipinski definition) is 1. The van der Waals surface area contributed by atoms with Gasteiger partial charge in [-0.25, -0.2) is 26.0 Å². The maximum absolute atomic E-state index is 13.9. The molecule has 1 saturated heterocycles.